The second-order valence-corrected chi connectivity index (χ2v) is 13.2. The molecule has 0 bridgehead atoms. The van der Waals surface area contributed by atoms with Crippen LogP contribution in [0.15, 0.2) is 12.2 Å². The summed E-state index contributed by atoms with van der Waals surface area (Å²) >= 11 is 0. The summed E-state index contributed by atoms with van der Waals surface area (Å²) in [6.07, 6.45) is 5.71. The van der Waals surface area contributed by atoms with Crippen molar-refractivity contribution in [2.75, 3.05) is 13.1 Å². The number of allylic oxidation sites excluding steroid dienone is 1. The van der Waals surface area contributed by atoms with Gasteiger partial charge < -0.3 is 26.2 Å². The molecular weight excluding hydrogens is 595 g/mol. The Balaban J connectivity index is 1.38. The third-order valence-electron chi connectivity index (χ3n) is 10.2. The van der Waals surface area contributed by atoms with Crippen molar-refractivity contribution in [1.29, 1.82) is 0 Å². The topological polar surface area (TPSA) is 154 Å². The number of rotatable bonds is 10. The predicted molar refractivity (Wildman–Crippen MR) is 154 cm³/mol. The molecule has 2 saturated heterocycles. The van der Waals surface area contributed by atoms with E-state index < -0.39 is 65.5 Å². The Bertz CT molecular complexity index is 1220. The van der Waals surface area contributed by atoms with Crippen LogP contribution in [0.5, 0.6) is 0 Å². The molecule has 0 spiro atoms. The number of hydrogen-bond acceptors (Lipinski definition) is 6. The van der Waals surface area contributed by atoms with Gasteiger partial charge >= 0.3 is 12.1 Å². The Morgan fingerprint density at radius 2 is 1.71 bits per heavy atom. The minimum atomic E-state index is -5.20. The van der Waals surface area contributed by atoms with E-state index in [-0.39, 0.29) is 36.8 Å². The minimum Gasteiger partial charge on any atom is -0.356 e. The van der Waals surface area contributed by atoms with Gasteiger partial charge in [0, 0.05) is 31.0 Å². The molecule has 5 rings (SSSR count). The number of amides is 5. The lowest BCUT2D eigenvalue weighted by atomic mass is 9.88. The van der Waals surface area contributed by atoms with Crippen LogP contribution in [0.4, 0.5) is 13.2 Å². The first-order valence-electron chi connectivity index (χ1n) is 16.2. The van der Waals surface area contributed by atoms with E-state index in [9.17, 15) is 41.9 Å². The van der Waals surface area contributed by atoms with Crippen LogP contribution in [-0.2, 0) is 28.8 Å². The predicted octanol–water partition coefficient (Wildman–Crippen LogP) is 1.66. The van der Waals surface area contributed by atoms with Gasteiger partial charge in [0.2, 0.25) is 23.5 Å². The molecule has 0 aromatic carbocycles. The van der Waals surface area contributed by atoms with Gasteiger partial charge in [-0.2, -0.15) is 13.2 Å². The van der Waals surface area contributed by atoms with Crippen LogP contribution in [0.2, 0.25) is 0 Å². The van der Waals surface area contributed by atoms with E-state index in [4.69, 9.17) is 0 Å². The van der Waals surface area contributed by atoms with Crippen molar-refractivity contribution in [2.45, 2.75) is 107 Å². The molecule has 5 amide bonds. The number of alkyl halides is 3. The summed E-state index contributed by atoms with van der Waals surface area (Å²) in [4.78, 5) is 80.2. The molecule has 0 aromatic rings. The van der Waals surface area contributed by atoms with Crippen LogP contribution in [0.3, 0.4) is 0 Å². The summed E-state index contributed by atoms with van der Waals surface area (Å²) in [6, 6.07) is -4.10. The third kappa shape index (κ3) is 7.51. The van der Waals surface area contributed by atoms with Crippen LogP contribution < -0.4 is 21.3 Å². The summed E-state index contributed by atoms with van der Waals surface area (Å²) < 4.78 is 39.9. The van der Waals surface area contributed by atoms with E-state index in [1.54, 1.807) is 12.2 Å². The maximum Gasteiger partial charge on any atom is 0.471 e. The number of halogens is 3. The lowest BCUT2D eigenvalue weighted by Gasteiger charge is -2.34. The van der Waals surface area contributed by atoms with Gasteiger partial charge in [0.15, 0.2) is 0 Å². The first-order valence-corrected chi connectivity index (χ1v) is 16.2. The van der Waals surface area contributed by atoms with Gasteiger partial charge in [-0.3, -0.25) is 28.8 Å². The fourth-order valence-electron chi connectivity index (χ4n) is 7.87. The zero-order chi connectivity index (χ0) is 32.3. The highest BCUT2D eigenvalue weighted by Gasteiger charge is 2.52. The highest BCUT2D eigenvalue weighted by Crippen LogP contribution is 2.43. The Kier molecular flexibility index (Phi) is 10.2. The fraction of sp³-hybridized carbons (Fsp3) is 0.742. The normalized spacial score (nSPS) is 29.5. The van der Waals surface area contributed by atoms with E-state index in [0.717, 1.165) is 38.5 Å². The highest BCUT2D eigenvalue weighted by atomic mass is 19.4. The molecule has 0 radical (unpaired) electrons. The Morgan fingerprint density at radius 1 is 0.956 bits per heavy atom. The Morgan fingerprint density at radius 3 is 2.36 bits per heavy atom. The summed E-state index contributed by atoms with van der Waals surface area (Å²) in [5.74, 6) is -7.36. The summed E-state index contributed by atoms with van der Waals surface area (Å²) in [6.45, 7) is 0.532. The van der Waals surface area contributed by atoms with E-state index in [0.29, 0.717) is 38.6 Å². The summed E-state index contributed by atoms with van der Waals surface area (Å²) in [7, 11) is 0. The maximum atomic E-state index is 14.0. The molecule has 7 atom stereocenters. The SMILES string of the molecule is O=C(NC1CCCC1)C(=O)[C@H](C[C@@H]1CCNC1=O)NC(=O)[C@@H]1[C@H]2CCC[C@H]2CN1C(=O)[C@@H](NC(=O)C(F)(F)F)[C@H]1C=CCCC1. The van der Waals surface area contributed by atoms with Crippen LogP contribution >= 0.6 is 0 Å². The van der Waals surface area contributed by atoms with Crippen molar-refractivity contribution in [3.8, 4) is 0 Å². The number of Topliss-reactive ketones (excluding diaryl/α,β-unsaturated/α-hetero) is 1. The molecule has 248 valence electrons. The molecule has 4 fully saturated rings. The van der Waals surface area contributed by atoms with Crippen molar-refractivity contribution >= 4 is 35.3 Å². The molecule has 0 unspecified atom stereocenters. The lowest BCUT2D eigenvalue weighted by Crippen LogP contribution is -2.60. The highest BCUT2D eigenvalue weighted by molar-refractivity contribution is 6.38. The van der Waals surface area contributed by atoms with Crippen molar-refractivity contribution < 1.29 is 41.9 Å². The van der Waals surface area contributed by atoms with Crippen molar-refractivity contribution in [3.63, 3.8) is 0 Å². The number of likely N-dealkylation sites (tertiary alicyclic amines) is 1. The van der Waals surface area contributed by atoms with Crippen LogP contribution in [0.1, 0.15) is 77.0 Å². The average molecular weight is 638 g/mol. The number of nitrogens with one attached hydrogen (secondary N) is 4. The van der Waals surface area contributed by atoms with Gasteiger partial charge in [0.1, 0.15) is 12.1 Å². The van der Waals surface area contributed by atoms with Gasteiger partial charge in [0.25, 0.3) is 5.91 Å². The molecule has 2 heterocycles. The summed E-state index contributed by atoms with van der Waals surface area (Å²) in [5, 5.41) is 10.0. The lowest BCUT2D eigenvalue weighted by molar-refractivity contribution is -0.175. The van der Waals surface area contributed by atoms with Gasteiger partial charge in [-0.1, -0.05) is 31.4 Å². The van der Waals surface area contributed by atoms with E-state index in [1.165, 1.54) is 4.90 Å². The van der Waals surface area contributed by atoms with E-state index in [2.05, 4.69) is 16.0 Å². The molecule has 2 saturated carbocycles. The Labute approximate surface area is 259 Å². The van der Waals surface area contributed by atoms with E-state index in [1.807, 2.05) is 5.32 Å². The quantitative estimate of drug-likeness (QED) is 0.211. The van der Waals surface area contributed by atoms with Crippen LogP contribution in [0, 0.1) is 23.7 Å². The molecule has 11 nitrogen and oxygen atoms in total. The monoisotopic (exact) mass is 637 g/mol. The molecule has 45 heavy (non-hydrogen) atoms. The summed E-state index contributed by atoms with van der Waals surface area (Å²) in [5.41, 5.74) is 0. The fourth-order valence-corrected chi connectivity index (χ4v) is 7.87. The number of ketones is 1. The number of carbonyl (C=O) groups is 6. The standard InChI is InChI=1S/C31H42F3N5O6/c32-31(33,34)30(45)38-23(17-7-2-1-3-8-17)29(44)39-16-19-9-6-12-21(19)24(39)27(42)37-22(15-18-13-14-35-26(18)41)25(40)28(43)36-20-10-4-5-11-20/h2,7,17-24H,1,3-6,8-16H2,(H,35,41)(H,36,43)(H,37,42)(H,38,45)/t17-,18-,19-,21-,22-,23-,24-/m0/s1. The van der Waals surface area contributed by atoms with Gasteiger partial charge in [-0.15, -0.1) is 0 Å². The molecular formula is C31H42F3N5O6. The number of nitrogens with zero attached hydrogens (tertiary/aromatic N) is 1. The first kappa shape index (κ1) is 32.9. The van der Waals surface area contributed by atoms with Gasteiger partial charge in [0.05, 0.1) is 6.04 Å². The first-order chi connectivity index (χ1) is 21.4. The zero-order valence-corrected chi connectivity index (χ0v) is 25.2. The Hall–Kier alpha value is -3.45. The number of fused-ring (bicyclic) bond motifs is 1. The largest absolute Gasteiger partial charge is 0.471 e. The molecule has 2 aliphatic heterocycles. The second kappa shape index (κ2) is 13.9. The number of carbonyl (C=O) groups excluding carboxylic acids is 6. The smallest absolute Gasteiger partial charge is 0.356 e. The van der Waals surface area contributed by atoms with Crippen LogP contribution in [0.25, 0.3) is 0 Å². The zero-order valence-electron chi connectivity index (χ0n) is 25.2. The molecule has 14 heteroatoms. The number of hydrogen-bond donors (Lipinski definition) is 4. The van der Waals surface area contributed by atoms with Gasteiger partial charge in [-0.25, -0.2) is 0 Å². The molecule has 0 aromatic heterocycles. The maximum absolute atomic E-state index is 14.0. The van der Waals surface area contributed by atoms with Gasteiger partial charge in [-0.05, 0) is 69.6 Å². The van der Waals surface area contributed by atoms with Crippen molar-refractivity contribution in [1.82, 2.24) is 26.2 Å². The molecule has 4 N–H and O–H groups in total. The van der Waals surface area contributed by atoms with Crippen LogP contribution in [-0.4, -0.2) is 83.7 Å². The van der Waals surface area contributed by atoms with Crippen molar-refractivity contribution in [2.24, 2.45) is 23.7 Å². The molecule has 5 aliphatic rings. The average Bonchev–Trinajstić information content (AvgIpc) is 3.81. The van der Waals surface area contributed by atoms with E-state index >= 15 is 0 Å². The van der Waals surface area contributed by atoms with Crippen molar-refractivity contribution in [3.05, 3.63) is 12.2 Å². The second-order valence-electron chi connectivity index (χ2n) is 13.2. The molecule has 3 aliphatic carbocycles. The third-order valence-corrected chi connectivity index (χ3v) is 10.2. The minimum absolute atomic E-state index is 0.0778.